The quantitative estimate of drug-likeness (QED) is 0.837. The monoisotopic (exact) mass is 266 g/mol. The van der Waals surface area contributed by atoms with Crippen molar-refractivity contribution < 1.29 is 23.1 Å². The van der Waals surface area contributed by atoms with Crippen molar-refractivity contribution in [2.75, 3.05) is 0 Å². The van der Waals surface area contributed by atoms with Crippen molar-refractivity contribution >= 4 is 6.29 Å². The highest BCUT2D eigenvalue weighted by atomic mass is 19.4. The topological polar surface area (TPSA) is 37.3 Å². The Balaban J connectivity index is 2.56. The second kappa shape index (κ2) is 4.76. The lowest BCUT2D eigenvalue weighted by Gasteiger charge is -2.10. The molecule has 0 amide bonds. The molecule has 98 valence electrons. The maximum atomic E-state index is 12.6. The molecule has 19 heavy (non-hydrogen) atoms. The molecule has 0 radical (unpaired) electrons. The Morgan fingerprint density at radius 3 is 2.42 bits per heavy atom. The van der Waals surface area contributed by atoms with Crippen LogP contribution in [0.2, 0.25) is 0 Å². The summed E-state index contributed by atoms with van der Waals surface area (Å²) in [5.74, 6) is -0.113. The Hall–Kier alpha value is -2.30. The van der Waals surface area contributed by atoms with Crippen LogP contribution in [0, 0.1) is 0 Å². The van der Waals surface area contributed by atoms with E-state index in [1.54, 1.807) is 0 Å². The number of hydrogen-bond donors (Lipinski definition) is 1. The third-order valence-corrected chi connectivity index (χ3v) is 2.66. The average molecular weight is 266 g/mol. The van der Waals surface area contributed by atoms with E-state index in [4.69, 9.17) is 0 Å². The van der Waals surface area contributed by atoms with Gasteiger partial charge in [0.25, 0.3) is 0 Å². The van der Waals surface area contributed by atoms with Crippen LogP contribution >= 0.6 is 0 Å². The molecule has 2 rings (SSSR count). The molecule has 0 aliphatic rings. The van der Waals surface area contributed by atoms with Crippen LogP contribution in [-0.4, -0.2) is 11.4 Å². The highest BCUT2D eigenvalue weighted by Crippen LogP contribution is 2.33. The number of phenols is 1. The molecule has 1 N–H and O–H groups in total. The Morgan fingerprint density at radius 1 is 1.05 bits per heavy atom. The predicted octanol–water partition coefficient (Wildman–Crippen LogP) is 3.89. The van der Waals surface area contributed by atoms with Crippen molar-refractivity contribution in [3.8, 4) is 16.9 Å². The maximum absolute atomic E-state index is 12.6. The summed E-state index contributed by atoms with van der Waals surface area (Å²) in [6, 6.07) is 8.64. The molecule has 0 unspecified atom stereocenters. The molecule has 0 saturated heterocycles. The fourth-order valence-corrected chi connectivity index (χ4v) is 1.77. The number of aromatic hydroxyl groups is 1. The van der Waals surface area contributed by atoms with E-state index in [-0.39, 0.29) is 16.9 Å². The number of halogens is 3. The summed E-state index contributed by atoms with van der Waals surface area (Å²) in [4.78, 5) is 10.9. The van der Waals surface area contributed by atoms with Crippen molar-refractivity contribution in [1.29, 1.82) is 0 Å². The van der Waals surface area contributed by atoms with Crippen molar-refractivity contribution in [2.45, 2.75) is 6.18 Å². The van der Waals surface area contributed by atoms with E-state index in [2.05, 4.69) is 0 Å². The van der Waals surface area contributed by atoms with Crippen LogP contribution in [0.5, 0.6) is 5.75 Å². The zero-order valence-corrected chi connectivity index (χ0v) is 9.61. The molecule has 0 saturated carbocycles. The molecule has 0 spiro atoms. The minimum atomic E-state index is -4.44. The number of alkyl halides is 3. The normalized spacial score (nSPS) is 11.3. The molecule has 2 aromatic carbocycles. The molecule has 0 atom stereocenters. The van der Waals surface area contributed by atoms with Crippen LogP contribution in [-0.2, 0) is 6.18 Å². The molecule has 0 bridgehead atoms. The zero-order chi connectivity index (χ0) is 14.0. The zero-order valence-electron chi connectivity index (χ0n) is 9.61. The predicted molar refractivity (Wildman–Crippen MR) is 63.9 cm³/mol. The third kappa shape index (κ3) is 2.76. The molecule has 5 heteroatoms. The Kier molecular flexibility index (Phi) is 3.29. The van der Waals surface area contributed by atoms with Gasteiger partial charge in [0.2, 0.25) is 0 Å². The van der Waals surface area contributed by atoms with E-state index in [1.807, 2.05) is 0 Å². The van der Waals surface area contributed by atoms with Gasteiger partial charge in [0.15, 0.2) is 6.29 Å². The smallest absolute Gasteiger partial charge is 0.416 e. The van der Waals surface area contributed by atoms with Crippen LogP contribution in [0.4, 0.5) is 13.2 Å². The number of hydrogen-bond acceptors (Lipinski definition) is 2. The van der Waals surface area contributed by atoms with Gasteiger partial charge in [0.1, 0.15) is 5.75 Å². The summed E-state index contributed by atoms with van der Waals surface area (Å²) in [6.07, 6.45) is -3.94. The van der Waals surface area contributed by atoms with Gasteiger partial charge in [-0.3, -0.25) is 4.79 Å². The van der Waals surface area contributed by atoms with Gasteiger partial charge < -0.3 is 5.11 Å². The van der Waals surface area contributed by atoms with E-state index in [1.165, 1.54) is 30.3 Å². The van der Waals surface area contributed by atoms with Gasteiger partial charge in [-0.25, -0.2) is 0 Å². The van der Waals surface area contributed by atoms with Gasteiger partial charge in [0.05, 0.1) is 5.56 Å². The maximum Gasteiger partial charge on any atom is 0.416 e. The SMILES string of the molecule is O=Cc1cc(O)ccc1-c1cccc(C(F)(F)F)c1. The first-order valence-electron chi connectivity index (χ1n) is 5.37. The van der Waals surface area contributed by atoms with Crippen molar-refractivity contribution in [3.05, 3.63) is 53.6 Å². The van der Waals surface area contributed by atoms with Gasteiger partial charge in [-0.2, -0.15) is 13.2 Å². The fraction of sp³-hybridized carbons (Fsp3) is 0.0714. The second-order valence-corrected chi connectivity index (χ2v) is 3.97. The van der Waals surface area contributed by atoms with E-state index in [0.29, 0.717) is 11.8 Å². The summed E-state index contributed by atoms with van der Waals surface area (Å²) in [5, 5.41) is 9.26. The van der Waals surface area contributed by atoms with Crippen LogP contribution in [0.15, 0.2) is 42.5 Å². The summed E-state index contributed by atoms with van der Waals surface area (Å²) in [7, 11) is 0. The van der Waals surface area contributed by atoms with Gasteiger partial charge in [-0.05, 0) is 41.5 Å². The third-order valence-electron chi connectivity index (χ3n) is 2.66. The summed E-state index contributed by atoms with van der Waals surface area (Å²) in [6.45, 7) is 0. The number of carbonyl (C=O) groups excluding carboxylic acids is 1. The Labute approximate surface area is 107 Å². The van der Waals surface area contributed by atoms with Gasteiger partial charge >= 0.3 is 6.18 Å². The van der Waals surface area contributed by atoms with Crippen molar-refractivity contribution in [2.24, 2.45) is 0 Å². The standard InChI is InChI=1S/C14H9F3O2/c15-14(16,17)11-3-1-2-9(6-11)13-5-4-12(19)7-10(13)8-18/h1-8,19H. The van der Waals surface area contributed by atoms with E-state index in [0.717, 1.165) is 12.1 Å². The largest absolute Gasteiger partial charge is 0.508 e. The highest BCUT2D eigenvalue weighted by molar-refractivity contribution is 5.88. The Morgan fingerprint density at radius 2 is 1.79 bits per heavy atom. The molecular formula is C14H9F3O2. The molecule has 0 aromatic heterocycles. The minimum Gasteiger partial charge on any atom is -0.508 e. The van der Waals surface area contributed by atoms with Crippen LogP contribution in [0.1, 0.15) is 15.9 Å². The number of rotatable bonds is 2. The summed E-state index contributed by atoms with van der Waals surface area (Å²) >= 11 is 0. The molecule has 0 aliphatic carbocycles. The van der Waals surface area contributed by atoms with E-state index < -0.39 is 11.7 Å². The molecular weight excluding hydrogens is 257 g/mol. The first-order valence-corrected chi connectivity index (χ1v) is 5.37. The van der Waals surface area contributed by atoms with Gasteiger partial charge in [0, 0.05) is 5.56 Å². The van der Waals surface area contributed by atoms with Crippen LogP contribution in [0.25, 0.3) is 11.1 Å². The number of phenolic OH excluding ortho intramolecular Hbond substituents is 1. The van der Waals surface area contributed by atoms with Crippen LogP contribution in [0.3, 0.4) is 0 Å². The molecule has 2 nitrogen and oxygen atoms in total. The fourth-order valence-electron chi connectivity index (χ4n) is 1.77. The number of carbonyl (C=O) groups is 1. The number of aldehydes is 1. The van der Waals surface area contributed by atoms with Crippen molar-refractivity contribution in [3.63, 3.8) is 0 Å². The second-order valence-electron chi connectivity index (χ2n) is 3.97. The lowest BCUT2D eigenvalue weighted by molar-refractivity contribution is -0.137. The van der Waals surface area contributed by atoms with Crippen LogP contribution < -0.4 is 0 Å². The van der Waals surface area contributed by atoms with Gasteiger partial charge in [-0.1, -0.05) is 12.1 Å². The first kappa shape index (κ1) is 13.1. The first-order chi connectivity index (χ1) is 8.91. The highest BCUT2D eigenvalue weighted by Gasteiger charge is 2.30. The molecule has 0 heterocycles. The average Bonchev–Trinajstić information content (AvgIpc) is 2.37. The summed E-state index contributed by atoms with van der Waals surface area (Å²) < 4.78 is 37.9. The van der Waals surface area contributed by atoms with Crippen molar-refractivity contribution in [1.82, 2.24) is 0 Å². The van der Waals surface area contributed by atoms with E-state index in [9.17, 15) is 23.1 Å². The minimum absolute atomic E-state index is 0.113. The lowest BCUT2D eigenvalue weighted by Crippen LogP contribution is -2.04. The van der Waals surface area contributed by atoms with E-state index >= 15 is 0 Å². The molecule has 0 fully saturated rings. The lowest BCUT2D eigenvalue weighted by atomic mass is 9.98. The van der Waals surface area contributed by atoms with Gasteiger partial charge in [-0.15, -0.1) is 0 Å². The molecule has 2 aromatic rings. The molecule has 0 aliphatic heterocycles. The Bertz CT molecular complexity index is 618. The summed E-state index contributed by atoms with van der Waals surface area (Å²) in [5.41, 5.74) is -0.0231. The number of benzene rings is 2.